The molecule has 2 heterocycles. The predicted octanol–water partition coefficient (Wildman–Crippen LogP) is 1.54. The molecule has 0 radical (unpaired) electrons. The maximum absolute atomic E-state index is 14.0. The monoisotopic (exact) mass is 381 g/mol. The number of hydrogen-bond donors (Lipinski definition) is 2. The van der Waals surface area contributed by atoms with Crippen molar-refractivity contribution < 1.29 is 23.6 Å². The third-order valence-corrected chi connectivity index (χ3v) is 4.40. The number of benzene rings is 1. The molecule has 138 valence electrons. The highest BCUT2D eigenvalue weighted by atomic mass is 35.5. The smallest absolute Gasteiger partial charge is 0.312 e. The van der Waals surface area contributed by atoms with E-state index in [1.165, 1.54) is 0 Å². The number of alkyl halides is 1. The standard InChI is InChI=1S/C17H17ClFN3O4/c18-12-3-1-2-11(6-12)14-7-13(21-26-14)8-20-15(24)16(25)22-5-4-17(19,9-22)10-23/h1-3,6-7,23H,4-5,8-10H2,(H,20,24). The third-order valence-electron chi connectivity index (χ3n) is 4.17. The molecule has 1 saturated heterocycles. The number of nitrogens with one attached hydrogen (secondary N) is 1. The van der Waals surface area contributed by atoms with Crippen LogP contribution in [0.1, 0.15) is 12.1 Å². The van der Waals surface area contributed by atoms with Crippen molar-refractivity contribution in [3.8, 4) is 11.3 Å². The first-order valence-corrected chi connectivity index (χ1v) is 8.36. The lowest BCUT2D eigenvalue weighted by atomic mass is 10.1. The molecule has 1 aromatic heterocycles. The molecule has 0 spiro atoms. The summed E-state index contributed by atoms with van der Waals surface area (Å²) in [6.45, 7) is -0.891. The van der Waals surface area contributed by atoms with Crippen LogP contribution in [-0.2, 0) is 16.1 Å². The molecule has 3 rings (SSSR count). The molecule has 1 atom stereocenters. The zero-order chi connectivity index (χ0) is 18.7. The van der Waals surface area contributed by atoms with Gasteiger partial charge in [-0.15, -0.1) is 0 Å². The number of aliphatic hydroxyl groups is 1. The average molecular weight is 382 g/mol. The fraction of sp³-hybridized carbons (Fsp3) is 0.353. The van der Waals surface area contributed by atoms with Gasteiger partial charge in [0.15, 0.2) is 11.4 Å². The number of halogens is 2. The molecule has 2 amide bonds. The fourth-order valence-corrected chi connectivity index (χ4v) is 2.89. The SMILES string of the molecule is O=C(NCc1cc(-c2cccc(Cl)c2)on1)C(=O)N1CCC(F)(CO)C1. The van der Waals surface area contributed by atoms with Gasteiger partial charge in [0.05, 0.1) is 19.7 Å². The van der Waals surface area contributed by atoms with Gasteiger partial charge in [-0.3, -0.25) is 9.59 Å². The van der Waals surface area contributed by atoms with Crippen LogP contribution >= 0.6 is 11.6 Å². The summed E-state index contributed by atoms with van der Waals surface area (Å²) < 4.78 is 19.2. The maximum Gasteiger partial charge on any atom is 0.312 e. The molecule has 1 aliphatic rings. The first kappa shape index (κ1) is 18.3. The van der Waals surface area contributed by atoms with Crippen molar-refractivity contribution in [1.29, 1.82) is 0 Å². The maximum atomic E-state index is 14.0. The van der Waals surface area contributed by atoms with E-state index in [0.29, 0.717) is 16.5 Å². The van der Waals surface area contributed by atoms with Crippen LogP contribution in [0.2, 0.25) is 5.02 Å². The largest absolute Gasteiger partial charge is 0.393 e. The molecule has 1 fully saturated rings. The van der Waals surface area contributed by atoms with E-state index >= 15 is 0 Å². The highest BCUT2D eigenvalue weighted by Crippen LogP contribution is 2.25. The van der Waals surface area contributed by atoms with Crippen LogP contribution in [0.5, 0.6) is 0 Å². The number of carbonyl (C=O) groups excluding carboxylic acids is 2. The highest BCUT2D eigenvalue weighted by Gasteiger charge is 2.41. The van der Waals surface area contributed by atoms with Crippen molar-refractivity contribution in [2.24, 2.45) is 0 Å². The van der Waals surface area contributed by atoms with Crippen molar-refractivity contribution in [3.63, 3.8) is 0 Å². The van der Waals surface area contributed by atoms with Crippen molar-refractivity contribution >= 4 is 23.4 Å². The van der Waals surface area contributed by atoms with E-state index in [1.807, 2.05) is 0 Å². The van der Waals surface area contributed by atoms with E-state index in [4.69, 9.17) is 21.2 Å². The molecule has 9 heteroatoms. The summed E-state index contributed by atoms with van der Waals surface area (Å²) in [5.41, 5.74) is -0.676. The number of rotatable bonds is 4. The topological polar surface area (TPSA) is 95.7 Å². The summed E-state index contributed by atoms with van der Waals surface area (Å²) >= 11 is 5.93. The summed E-state index contributed by atoms with van der Waals surface area (Å²) in [6, 6.07) is 8.65. The zero-order valence-electron chi connectivity index (χ0n) is 13.7. The second kappa shape index (κ2) is 7.43. The number of carbonyl (C=O) groups is 2. The molecule has 0 saturated carbocycles. The number of aromatic nitrogens is 1. The van der Waals surface area contributed by atoms with Gasteiger partial charge in [0.2, 0.25) is 0 Å². The fourth-order valence-electron chi connectivity index (χ4n) is 2.70. The first-order valence-electron chi connectivity index (χ1n) is 7.99. The minimum atomic E-state index is -1.84. The summed E-state index contributed by atoms with van der Waals surface area (Å²) in [4.78, 5) is 25.1. The molecule has 0 bridgehead atoms. The van der Waals surface area contributed by atoms with Crippen LogP contribution in [-0.4, -0.2) is 52.3 Å². The molecule has 1 unspecified atom stereocenters. The van der Waals surface area contributed by atoms with Crippen LogP contribution in [0.3, 0.4) is 0 Å². The van der Waals surface area contributed by atoms with Gasteiger partial charge in [0.1, 0.15) is 5.69 Å². The predicted molar refractivity (Wildman–Crippen MR) is 90.9 cm³/mol. The molecule has 1 aliphatic heterocycles. The van der Waals surface area contributed by atoms with Gasteiger partial charge in [-0.25, -0.2) is 4.39 Å². The number of amides is 2. The number of aliphatic hydroxyl groups excluding tert-OH is 1. The Bertz CT molecular complexity index is 828. The normalized spacial score (nSPS) is 19.6. The molecule has 0 aliphatic carbocycles. The van der Waals surface area contributed by atoms with Gasteiger partial charge >= 0.3 is 11.8 Å². The van der Waals surface area contributed by atoms with E-state index in [0.717, 1.165) is 10.5 Å². The van der Waals surface area contributed by atoms with E-state index in [2.05, 4.69) is 10.5 Å². The molecule has 7 nitrogen and oxygen atoms in total. The van der Waals surface area contributed by atoms with E-state index < -0.39 is 24.1 Å². The van der Waals surface area contributed by atoms with Crippen molar-refractivity contribution in [2.45, 2.75) is 18.6 Å². The Morgan fingerprint density at radius 3 is 2.92 bits per heavy atom. The second-order valence-corrected chi connectivity index (χ2v) is 6.60. The summed E-state index contributed by atoms with van der Waals surface area (Å²) in [6.07, 6.45) is 0.00873. The molecular weight excluding hydrogens is 365 g/mol. The summed E-state index contributed by atoms with van der Waals surface area (Å²) in [5.74, 6) is -1.22. The van der Waals surface area contributed by atoms with E-state index in [1.54, 1.807) is 30.3 Å². The minimum absolute atomic E-state index is 0.00873. The lowest BCUT2D eigenvalue weighted by Crippen LogP contribution is -2.43. The van der Waals surface area contributed by atoms with Crippen LogP contribution in [0.15, 0.2) is 34.9 Å². The van der Waals surface area contributed by atoms with Crippen molar-refractivity contribution in [3.05, 3.63) is 41.0 Å². The quantitative estimate of drug-likeness (QED) is 0.783. The van der Waals surface area contributed by atoms with Gasteiger partial charge in [-0.05, 0) is 12.1 Å². The van der Waals surface area contributed by atoms with Gasteiger partial charge in [0, 0.05) is 29.6 Å². The first-order chi connectivity index (χ1) is 12.4. The van der Waals surface area contributed by atoms with Gasteiger partial charge < -0.3 is 19.8 Å². The number of nitrogens with zero attached hydrogens (tertiary/aromatic N) is 2. The molecule has 26 heavy (non-hydrogen) atoms. The Labute approximate surface area is 153 Å². The third kappa shape index (κ3) is 4.03. The Kier molecular flexibility index (Phi) is 5.24. The number of hydrogen-bond acceptors (Lipinski definition) is 5. The van der Waals surface area contributed by atoms with Crippen LogP contribution < -0.4 is 5.32 Å². The molecule has 1 aromatic carbocycles. The Hall–Kier alpha value is -2.45. The number of likely N-dealkylation sites (tertiary alicyclic amines) is 1. The van der Waals surface area contributed by atoms with E-state index in [9.17, 15) is 14.0 Å². The van der Waals surface area contributed by atoms with Gasteiger partial charge in [0.25, 0.3) is 0 Å². The van der Waals surface area contributed by atoms with Crippen LogP contribution in [0, 0.1) is 0 Å². The van der Waals surface area contributed by atoms with Crippen molar-refractivity contribution in [2.75, 3.05) is 19.7 Å². The molecular formula is C17H17ClFN3O4. The second-order valence-electron chi connectivity index (χ2n) is 6.16. The lowest BCUT2D eigenvalue weighted by molar-refractivity contribution is -0.145. The van der Waals surface area contributed by atoms with Crippen LogP contribution in [0.25, 0.3) is 11.3 Å². The summed E-state index contributed by atoms with van der Waals surface area (Å²) in [7, 11) is 0. The molecule has 2 aromatic rings. The lowest BCUT2D eigenvalue weighted by Gasteiger charge is -2.18. The Morgan fingerprint density at radius 2 is 2.23 bits per heavy atom. The summed E-state index contributed by atoms with van der Waals surface area (Å²) in [5, 5.41) is 15.8. The Morgan fingerprint density at radius 1 is 1.42 bits per heavy atom. The zero-order valence-corrected chi connectivity index (χ0v) is 14.5. The molecule has 2 N–H and O–H groups in total. The Balaban J connectivity index is 1.56. The van der Waals surface area contributed by atoms with Crippen LogP contribution in [0.4, 0.5) is 4.39 Å². The minimum Gasteiger partial charge on any atom is -0.393 e. The highest BCUT2D eigenvalue weighted by molar-refractivity contribution is 6.35. The van der Waals surface area contributed by atoms with Crippen molar-refractivity contribution in [1.82, 2.24) is 15.4 Å². The van der Waals surface area contributed by atoms with Gasteiger partial charge in [-0.2, -0.15) is 0 Å². The van der Waals surface area contributed by atoms with Gasteiger partial charge in [-0.1, -0.05) is 28.9 Å². The van der Waals surface area contributed by atoms with E-state index in [-0.39, 0.29) is 26.1 Å². The average Bonchev–Trinajstić information content (AvgIpc) is 3.26.